The smallest absolute Gasteiger partial charge is 0.379 e. The lowest BCUT2D eigenvalue weighted by Gasteiger charge is -2.34. The van der Waals surface area contributed by atoms with Crippen LogP contribution in [-0.4, -0.2) is 63.0 Å². The molecule has 31 heavy (non-hydrogen) atoms. The van der Waals surface area contributed by atoms with Crippen LogP contribution in [0.3, 0.4) is 0 Å². The Morgan fingerprint density at radius 3 is 2.19 bits per heavy atom. The minimum atomic E-state index is -4.42. The largest absolute Gasteiger partial charge is 0.416 e. The van der Waals surface area contributed by atoms with Crippen LogP contribution in [0, 0.1) is 0 Å². The maximum Gasteiger partial charge on any atom is 0.416 e. The molecule has 12 heteroatoms. The molecule has 2 rings (SSSR count). The second kappa shape index (κ2) is 12.7. The Balaban J connectivity index is 0.00000480. The van der Waals surface area contributed by atoms with Crippen LogP contribution in [0.1, 0.15) is 30.5 Å². The van der Waals surface area contributed by atoms with Gasteiger partial charge in [-0.15, -0.1) is 24.0 Å². The molecule has 0 aliphatic carbocycles. The van der Waals surface area contributed by atoms with E-state index >= 15 is 0 Å². The molecule has 0 amide bonds. The van der Waals surface area contributed by atoms with E-state index in [1.54, 1.807) is 6.92 Å². The van der Waals surface area contributed by atoms with Crippen molar-refractivity contribution in [3.8, 4) is 0 Å². The molecule has 1 aliphatic rings. The first-order chi connectivity index (χ1) is 14.1. The lowest BCUT2D eigenvalue weighted by molar-refractivity contribution is -0.137. The van der Waals surface area contributed by atoms with E-state index in [1.165, 1.54) is 12.1 Å². The standard InChI is InChI=1S/C19H26F6N4O.HI/c1-2-26-17(27-8-7-18(20,21)22)28-13-16(29-9-11-30-12-10-29)14-3-5-15(6-4-14)19(23,24)25;/h3-6,16H,2,7-13H2,1H3,(H2,26,27,28);1H. The average molecular weight is 568 g/mol. The predicted octanol–water partition coefficient (Wildman–Crippen LogP) is 4.20. The van der Waals surface area contributed by atoms with Gasteiger partial charge in [0.1, 0.15) is 0 Å². The van der Waals surface area contributed by atoms with Gasteiger partial charge in [0.15, 0.2) is 5.96 Å². The number of aliphatic imine (C=N–C) groups is 1. The molecular formula is C19H27F6IN4O. The number of hydrogen-bond acceptors (Lipinski definition) is 3. The van der Waals surface area contributed by atoms with Crippen LogP contribution in [0.25, 0.3) is 0 Å². The lowest BCUT2D eigenvalue weighted by Crippen LogP contribution is -2.42. The Bertz CT molecular complexity index is 675. The number of ether oxygens (including phenoxy) is 1. The predicted molar refractivity (Wildman–Crippen MR) is 117 cm³/mol. The van der Waals surface area contributed by atoms with Crippen LogP contribution < -0.4 is 10.6 Å². The van der Waals surface area contributed by atoms with Crippen molar-refractivity contribution in [1.29, 1.82) is 0 Å². The number of guanidine groups is 1. The minimum Gasteiger partial charge on any atom is -0.379 e. The van der Waals surface area contributed by atoms with Crippen LogP contribution >= 0.6 is 24.0 Å². The van der Waals surface area contributed by atoms with Crippen LogP contribution in [0.15, 0.2) is 29.3 Å². The zero-order valence-corrected chi connectivity index (χ0v) is 19.4. The summed E-state index contributed by atoms with van der Waals surface area (Å²) in [6, 6.07) is 4.57. The third-order valence-electron chi connectivity index (χ3n) is 4.58. The van der Waals surface area contributed by atoms with Gasteiger partial charge in [0.25, 0.3) is 0 Å². The molecule has 178 valence electrons. The molecule has 1 unspecified atom stereocenters. The highest BCUT2D eigenvalue weighted by Crippen LogP contribution is 2.31. The topological polar surface area (TPSA) is 48.9 Å². The number of rotatable bonds is 7. The highest BCUT2D eigenvalue weighted by Gasteiger charge is 2.31. The molecule has 1 aromatic carbocycles. The van der Waals surface area contributed by atoms with Crippen molar-refractivity contribution < 1.29 is 31.1 Å². The van der Waals surface area contributed by atoms with Crippen molar-refractivity contribution in [3.05, 3.63) is 35.4 Å². The fourth-order valence-electron chi connectivity index (χ4n) is 3.06. The molecule has 0 saturated carbocycles. The van der Waals surface area contributed by atoms with E-state index in [1.807, 2.05) is 0 Å². The molecule has 1 atom stereocenters. The fourth-order valence-corrected chi connectivity index (χ4v) is 3.06. The molecule has 0 aromatic heterocycles. The monoisotopic (exact) mass is 568 g/mol. The number of morpholine rings is 1. The van der Waals surface area contributed by atoms with Gasteiger partial charge >= 0.3 is 12.4 Å². The molecule has 0 spiro atoms. The summed E-state index contributed by atoms with van der Waals surface area (Å²) < 4.78 is 81.1. The Hall–Kier alpha value is -1.28. The molecule has 5 nitrogen and oxygen atoms in total. The van der Waals surface area contributed by atoms with Gasteiger partial charge in [0.2, 0.25) is 0 Å². The van der Waals surface area contributed by atoms with E-state index in [4.69, 9.17) is 4.74 Å². The van der Waals surface area contributed by atoms with Crippen molar-refractivity contribution >= 4 is 29.9 Å². The third-order valence-corrected chi connectivity index (χ3v) is 4.58. The van der Waals surface area contributed by atoms with Crippen LogP contribution in [0.5, 0.6) is 0 Å². The van der Waals surface area contributed by atoms with E-state index in [9.17, 15) is 26.3 Å². The summed E-state index contributed by atoms with van der Waals surface area (Å²) in [5.41, 5.74) is -0.0857. The Kier molecular flexibility index (Phi) is 11.4. The average Bonchev–Trinajstić information content (AvgIpc) is 2.67. The molecule has 0 radical (unpaired) electrons. The first-order valence-electron chi connectivity index (χ1n) is 9.68. The zero-order valence-electron chi connectivity index (χ0n) is 17.0. The number of halogens is 7. The SMILES string of the molecule is CCNC(=NCC(c1ccc(C(F)(F)F)cc1)N1CCOCC1)NCCC(F)(F)F.I. The van der Waals surface area contributed by atoms with E-state index in [2.05, 4.69) is 20.5 Å². The van der Waals surface area contributed by atoms with E-state index in [0.29, 0.717) is 38.4 Å². The Labute approximate surface area is 194 Å². The van der Waals surface area contributed by atoms with Gasteiger partial charge in [-0.05, 0) is 24.6 Å². The summed E-state index contributed by atoms with van der Waals surface area (Å²) in [5.74, 6) is 0.229. The van der Waals surface area contributed by atoms with Crippen molar-refractivity contribution in [1.82, 2.24) is 15.5 Å². The lowest BCUT2D eigenvalue weighted by atomic mass is 10.0. The van der Waals surface area contributed by atoms with Crippen molar-refractivity contribution in [2.75, 3.05) is 45.9 Å². The quantitative estimate of drug-likeness (QED) is 0.224. The van der Waals surface area contributed by atoms with E-state index in [0.717, 1.165) is 12.1 Å². The van der Waals surface area contributed by atoms with Gasteiger partial charge < -0.3 is 15.4 Å². The number of nitrogens with one attached hydrogen (secondary N) is 2. The fraction of sp³-hybridized carbons (Fsp3) is 0.632. The summed E-state index contributed by atoms with van der Waals surface area (Å²) in [4.78, 5) is 6.43. The number of alkyl halides is 6. The van der Waals surface area contributed by atoms with Gasteiger partial charge in [-0.3, -0.25) is 9.89 Å². The second-order valence-corrected chi connectivity index (χ2v) is 6.80. The molecule has 1 heterocycles. The van der Waals surface area contributed by atoms with Gasteiger partial charge in [-0.1, -0.05) is 12.1 Å². The Morgan fingerprint density at radius 1 is 1.06 bits per heavy atom. The molecule has 2 N–H and O–H groups in total. The number of benzene rings is 1. The number of nitrogens with zero attached hydrogens (tertiary/aromatic N) is 2. The summed E-state index contributed by atoms with van der Waals surface area (Å²) >= 11 is 0. The maximum absolute atomic E-state index is 12.9. The molecule has 1 saturated heterocycles. The minimum absolute atomic E-state index is 0. The maximum atomic E-state index is 12.9. The van der Waals surface area contributed by atoms with Crippen molar-refractivity contribution in [2.45, 2.75) is 31.7 Å². The highest BCUT2D eigenvalue weighted by atomic mass is 127. The van der Waals surface area contributed by atoms with E-state index < -0.39 is 24.3 Å². The van der Waals surface area contributed by atoms with Crippen molar-refractivity contribution in [2.24, 2.45) is 4.99 Å². The van der Waals surface area contributed by atoms with Gasteiger partial charge in [-0.25, -0.2) is 0 Å². The first kappa shape index (κ1) is 27.8. The van der Waals surface area contributed by atoms with Crippen LogP contribution in [0.2, 0.25) is 0 Å². The molecular weight excluding hydrogens is 541 g/mol. The van der Waals surface area contributed by atoms with E-state index in [-0.39, 0.29) is 49.1 Å². The summed E-state index contributed by atoms with van der Waals surface area (Å²) in [6.07, 6.45) is -9.70. The van der Waals surface area contributed by atoms with Gasteiger partial charge in [-0.2, -0.15) is 26.3 Å². The highest BCUT2D eigenvalue weighted by molar-refractivity contribution is 14.0. The molecule has 1 fully saturated rings. The number of hydrogen-bond donors (Lipinski definition) is 2. The van der Waals surface area contributed by atoms with Crippen LogP contribution in [-0.2, 0) is 10.9 Å². The summed E-state index contributed by atoms with van der Waals surface area (Å²) in [6.45, 7) is 4.25. The molecule has 1 aliphatic heterocycles. The summed E-state index contributed by atoms with van der Waals surface area (Å²) in [7, 11) is 0. The Morgan fingerprint density at radius 2 is 1.68 bits per heavy atom. The second-order valence-electron chi connectivity index (χ2n) is 6.80. The summed E-state index contributed by atoms with van der Waals surface area (Å²) in [5, 5.41) is 5.53. The third kappa shape index (κ3) is 9.81. The van der Waals surface area contributed by atoms with Crippen molar-refractivity contribution in [3.63, 3.8) is 0 Å². The zero-order chi connectivity index (χ0) is 22.2. The van der Waals surface area contributed by atoms with Gasteiger partial charge in [0.05, 0.1) is 37.8 Å². The molecule has 1 aromatic rings. The van der Waals surface area contributed by atoms with Crippen LogP contribution in [0.4, 0.5) is 26.3 Å². The first-order valence-corrected chi connectivity index (χ1v) is 9.68. The van der Waals surface area contributed by atoms with Gasteiger partial charge in [0, 0.05) is 26.2 Å². The normalized spacial score (nSPS) is 17.1. The molecule has 0 bridgehead atoms.